The molecule has 34 heavy (non-hydrogen) atoms. The molecule has 1 unspecified atom stereocenters. The molecule has 1 aliphatic carbocycles. The first-order valence-electron chi connectivity index (χ1n) is 12.1. The number of nitrogens with zero attached hydrogens (tertiary/aromatic N) is 5. The van der Waals surface area contributed by atoms with E-state index in [9.17, 15) is 14.8 Å². The van der Waals surface area contributed by atoms with E-state index in [1.165, 1.54) is 35.3 Å². The monoisotopic (exact) mass is 457 g/mol. The minimum Gasteiger partial charge on any atom is -0.571 e. The van der Waals surface area contributed by atoms with Crippen molar-refractivity contribution in [1.29, 1.82) is 0 Å². The topological polar surface area (TPSA) is 85.4 Å². The zero-order valence-corrected chi connectivity index (χ0v) is 19.0. The smallest absolute Gasteiger partial charge is 0.220 e. The van der Waals surface area contributed by atoms with E-state index in [4.69, 9.17) is 0 Å². The van der Waals surface area contributed by atoms with Crippen LogP contribution in [0.4, 0.5) is 5.69 Å². The molecule has 2 aliphatic heterocycles. The fraction of sp³-hybridized carbons (Fsp3) is 0.385. The Balaban J connectivity index is 1.12. The van der Waals surface area contributed by atoms with E-state index in [1.807, 2.05) is 0 Å². The number of carbonyl (C=O) groups is 2. The molecule has 8 heteroatoms. The van der Waals surface area contributed by atoms with Crippen molar-refractivity contribution in [3.8, 4) is 0 Å². The lowest BCUT2D eigenvalue weighted by atomic mass is 9.90. The van der Waals surface area contributed by atoms with Crippen molar-refractivity contribution in [2.24, 2.45) is 0 Å². The molecule has 1 aromatic heterocycles. The molecule has 2 fully saturated rings. The van der Waals surface area contributed by atoms with Crippen LogP contribution in [0.1, 0.15) is 56.9 Å². The third-order valence-electron chi connectivity index (χ3n) is 7.45. The fourth-order valence-electron chi connectivity index (χ4n) is 5.64. The number of ketones is 2. The van der Waals surface area contributed by atoms with Crippen molar-refractivity contribution in [2.45, 2.75) is 38.3 Å². The van der Waals surface area contributed by atoms with E-state index in [0.29, 0.717) is 35.1 Å². The number of hydrogen-bond acceptors (Lipinski definition) is 6. The maximum absolute atomic E-state index is 13.0. The summed E-state index contributed by atoms with van der Waals surface area (Å²) in [5.74, 6) is -0.693. The van der Waals surface area contributed by atoms with Crippen molar-refractivity contribution >= 4 is 17.3 Å². The van der Waals surface area contributed by atoms with E-state index >= 15 is 0 Å². The molecule has 174 valence electrons. The Hall–Kier alpha value is -3.52. The largest absolute Gasteiger partial charge is 0.571 e. The third kappa shape index (κ3) is 3.49. The molecule has 8 nitrogen and oxygen atoms in total. The first-order valence-corrected chi connectivity index (χ1v) is 12.1. The van der Waals surface area contributed by atoms with Crippen LogP contribution in [0.5, 0.6) is 0 Å². The molecule has 1 atom stereocenters. The standard InChI is InChI=1S/C26H27N5O3/c32-25-21-7-1-2-8-22(21)26(33)24-23(25)27-31(34)30(24)14-3-5-18-9-11-19(12-10-18)29-16-15-28-13-4-6-20(28)17-29/h1-2,7-12,20H,3-6,13-17H2. The number of carbonyl (C=O) groups excluding carboxylic acids is 2. The van der Waals surface area contributed by atoms with E-state index in [2.05, 4.69) is 39.2 Å². The van der Waals surface area contributed by atoms with Crippen LogP contribution in [-0.4, -0.2) is 58.5 Å². The minimum atomic E-state index is -0.373. The summed E-state index contributed by atoms with van der Waals surface area (Å²) in [4.78, 5) is 31.2. The summed E-state index contributed by atoms with van der Waals surface area (Å²) < 4.78 is 1.29. The highest BCUT2D eigenvalue weighted by atomic mass is 16.5. The lowest BCUT2D eigenvalue weighted by Gasteiger charge is -2.38. The number of benzene rings is 2. The number of aryl methyl sites for hydroxylation is 1. The SMILES string of the molecule is O=C1c2ccccc2C(=O)c2c1n[n+]([O-])n2CCCc1ccc(N2CCN3CCCC3C2)cc1. The van der Waals surface area contributed by atoms with Crippen LogP contribution in [0, 0.1) is 5.21 Å². The van der Waals surface area contributed by atoms with Gasteiger partial charge in [-0.2, -0.15) is 0 Å². The zero-order valence-electron chi connectivity index (χ0n) is 19.0. The van der Waals surface area contributed by atoms with Gasteiger partial charge in [-0.1, -0.05) is 36.4 Å². The molecule has 0 radical (unpaired) electrons. The minimum absolute atomic E-state index is 0.0505. The Morgan fingerprint density at radius 1 is 0.971 bits per heavy atom. The summed E-state index contributed by atoms with van der Waals surface area (Å²) in [5.41, 5.74) is 3.13. The normalized spacial score (nSPS) is 19.8. The fourth-order valence-corrected chi connectivity index (χ4v) is 5.64. The van der Waals surface area contributed by atoms with Crippen LogP contribution in [-0.2, 0) is 13.0 Å². The Kier molecular flexibility index (Phi) is 5.17. The maximum atomic E-state index is 13.0. The van der Waals surface area contributed by atoms with Crippen molar-refractivity contribution in [1.82, 2.24) is 14.7 Å². The molecule has 0 N–H and O–H groups in total. The van der Waals surface area contributed by atoms with Gasteiger partial charge in [-0.25, -0.2) is 0 Å². The first-order chi connectivity index (χ1) is 16.6. The Bertz CT molecular complexity index is 1270. The Morgan fingerprint density at radius 3 is 2.53 bits per heavy atom. The van der Waals surface area contributed by atoms with Crippen LogP contribution in [0.25, 0.3) is 0 Å². The number of anilines is 1. The second kappa shape index (κ2) is 8.36. The summed E-state index contributed by atoms with van der Waals surface area (Å²) in [7, 11) is 0. The molecule has 2 aromatic carbocycles. The predicted octanol–water partition coefficient (Wildman–Crippen LogP) is 2.21. The van der Waals surface area contributed by atoms with Crippen LogP contribution >= 0.6 is 0 Å². The first kappa shape index (κ1) is 21.0. The van der Waals surface area contributed by atoms with Crippen LogP contribution in [0.15, 0.2) is 48.5 Å². The van der Waals surface area contributed by atoms with E-state index in [1.54, 1.807) is 24.3 Å². The molecule has 0 saturated carbocycles. The van der Waals surface area contributed by atoms with Crippen molar-refractivity contribution in [3.63, 3.8) is 0 Å². The molecule has 0 spiro atoms. The van der Waals surface area contributed by atoms with Crippen molar-refractivity contribution < 1.29 is 14.5 Å². The molecule has 0 amide bonds. The summed E-state index contributed by atoms with van der Waals surface area (Å²) in [6.07, 6.45) is 4.04. The van der Waals surface area contributed by atoms with E-state index in [0.717, 1.165) is 26.1 Å². The van der Waals surface area contributed by atoms with Gasteiger partial charge >= 0.3 is 0 Å². The lowest BCUT2D eigenvalue weighted by molar-refractivity contribution is -0.749. The number of rotatable bonds is 5. The van der Waals surface area contributed by atoms with Gasteiger partial charge in [0.2, 0.25) is 17.3 Å². The van der Waals surface area contributed by atoms with Gasteiger partial charge in [0.1, 0.15) is 0 Å². The zero-order chi connectivity index (χ0) is 23.2. The highest BCUT2D eigenvalue weighted by Gasteiger charge is 2.39. The molecular formula is C26H27N5O3. The van der Waals surface area contributed by atoms with E-state index < -0.39 is 0 Å². The average Bonchev–Trinajstić information content (AvgIpc) is 3.47. The summed E-state index contributed by atoms with van der Waals surface area (Å²) in [6, 6.07) is 16.0. The third-order valence-corrected chi connectivity index (χ3v) is 7.45. The quantitative estimate of drug-likeness (QED) is 0.337. The number of fused-ring (bicyclic) bond motifs is 3. The summed E-state index contributed by atoms with van der Waals surface area (Å²) >= 11 is 0. The van der Waals surface area contributed by atoms with Crippen LogP contribution in [0.2, 0.25) is 0 Å². The van der Waals surface area contributed by atoms with Gasteiger partial charge in [0.15, 0.2) is 5.69 Å². The van der Waals surface area contributed by atoms with Gasteiger partial charge < -0.3 is 10.1 Å². The second-order valence-electron chi connectivity index (χ2n) is 9.42. The van der Waals surface area contributed by atoms with Crippen molar-refractivity contribution in [3.05, 3.63) is 81.8 Å². The van der Waals surface area contributed by atoms with Gasteiger partial charge in [0.25, 0.3) is 0 Å². The maximum Gasteiger partial charge on any atom is 0.220 e. The molecular weight excluding hydrogens is 430 g/mol. The van der Waals surface area contributed by atoms with Crippen molar-refractivity contribution in [2.75, 3.05) is 31.1 Å². The highest BCUT2D eigenvalue weighted by Crippen LogP contribution is 2.27. The van der Waals surface area contributed by atoms with Crippen LogP contribution < -0.4 is 9.86 Å². The highest BCUT2D eigenvalue weighted by molar-refractivity contribution is 6.26. The summed E-state index contributed by atoms with van der Waals surface area (Å²) in [6.45, 7) is 4.87. The second-order valence-corrected chi connectivity index (χ2v) is 9.42. The Morgan fingerprint density at radius 2 is 1.74 bits per heavy atom. The predicted molar refractivity (Wildman–Crippen MR) is 126 cm³/mol. The van der Waals surface area contributed by atoms with E-state index in [-0.39, 0.29) is 23.0 Å². The van der Waals surface area contributed by atoms with Gasteiger partial charge in [0, 0.05) is 52.5 Å². The van der Waals surface area contributed by atoms with Gasteiger partial charge in [-0.3, -0.25) is 14.5 Å². The summed E-state index contributed by atoms with van der Waals surface area (Å²) in [5, 5.41) is 16.3. The van der Waals surface area contributed by atoms with Crippen LogP contribution in [0.3, 0.4) is 0 Å². The molecule has 0 bridgehead atoms. The molecule has 2 saturated heterocycles. The molecule has 3 aromatic rings. The van der Waals surface area contributed by atoms with Gasteiger partial charge in [-0.15, -0.1) is 4.68 Å². The lowest BCUT2D eigenvalue weighted by Crippen LogP contribution is -2.50. The number of aromatic nitrogens is 3. The number of hydrogen-bond donors (Lipinski definition) is 0. The molecule has 6 rings (SSSR count). The van der Waals surface area contributed by atoms with Gasteiger partial charge in [0.05, 0.1) is 6.54 Å². The Labute approximate surface area is 198 Å². The molecule has 3 aliphatic rings. The average molecular weight is 458 g/mol. The molecule has 3 heterocycles. The van der Waals surface area contributed by atoms with Gasteiger partial charge in [-0.05, 0) is 49.9 Å². The number of piperazine rings is 1.